The molecule has 0 spiro atoms. The molecule has 0 radical (unpaired) electrons. The summed E-state index contributed by atoms with van der Waals surface area (Å²) in [5.74, 6) is 2.16. The molecule has 1 aromatic carbocycles. The van der Waals surface area contributed by atoms with Gasteiger partial charge in [-0.25, -0.2) is 0 Å². The van der Waals surface area contributed by atoms with Gasteiger partial charge in [0.15, 0.2) is 0 Å². The van der Waals surface area contributed by atoms with Crippen molar-refractivity contribution in [1.29, 1.82) is 0 Å². The fourth-order valence-corrected chi connectivity index (χ4v) is 4.03. The van der Waals surface area contributed by atoms with Crippen molar-refractivity contribution in [1.82, 2.24) is 0 Å². The van der Waals surface area contributed by atoms with Gasteiger partial charge in [0.1, 0.15) is 0 Å². The average molecular weight is 314 g/mol. The maximum Gasteiger partial charge on any atom is 0.0439 e. The Morgan fingerprint density at radius 3 is 2.70 bits per heavy atom. The van der Waals surface area contributed by atoms with Gasteiger partial charge in [-0.2, -0.15) is 0 Å². The third-order valence-electron chi connectivity index (χ3n) is 4.74. The molecular weight excluding hydrogens is 289 g/mol. The Balaban J connectivity index is 2.09. The minimum atomic E-state index is 0.637. The van der Waals surface area contributed by atoms with Crippen LogP contribution in [-0.2, 0) is 6.42 Å². The van der Waals surface area contributed by atoms with E-state index in [1.165, 1.54) is 37.7 Å². The van der Waals surface area contributed by atoms with Crippen molar-refractivity contribution in [2.24, 2.45) is 23.5 Å². The number of hydrogen-bond donors (Lipinski definition) is 1. The highest BCUT2D eigenvalue weighted by Gasteiger charge is 2.29. The van der Waals surface area contributed by atoms with Crippen molar-refractivity contribution in [2.75, 3.05) is 6.54 Å². The number of benzene rings is 1. The van der Waals surface area contributed by atoms with Crippen molar-refractivity contribution in [3.63, 3.8) is 0 Å². The summed E-state index contributed by atoms with van der Waals surface area (Å²) in [5, 5.41) is 1.61. The summed E-state index contributed by atoms with van der Waals surface area (Å²) < 4.78 is 0. The van der Waals surface area contributed by atoms with Gasteiger partial charge >= 0.3 is 0 Å². The number of nitrogens with two attached hydrogens (primary N) is 1. The molecule has 0 aliphatic heterocycles. The van der Waals surface area contributed by atoms with Crippen LogP contribution in [-0.4, -0.2) is 6.54 Å². The van der Waals surface area contributed by atoms with E-state index in [0.717, 1.165) is 28.9 Å². The Hall–Kier alpha value is -0.240. The third kappa shape index (κ3) is 4.13. The summed E-state index contributed by atoms with van der Waals surface area (Å²) >= 11 is 12.4. The molecule has 1 nitrogen and oxygen atoms in total. The van der Waals surface area contributed by atoms with Crippen molar-refractivity contribution in [3.05, 3.63) is 33.8 Å². The second kappa shape index (κ2) is 7.68. The third-order valence-corrected chi connectivity index (χ3v) is 5.34. The zero-order valence-electron chi connectivity index (χ0n) is 12.2. The lowest BCUT2D eigenvalue weighted by Crippen LogP contribution is -2.31. The molecule has 0 amide bonds. The lowest BCUT2D eigenvalue weighted by molar-refractivity contribution is 0.176. The van der Waals surface area contributed by atoms with E-state index < -0.39 is 0 Å². The number of halogens is 2. The summed E-state index contributed by atoms with van der Waals surface area (Å²) in [6.07, 6.45) is 7.54. The Labute approximate surface area is 132 Å². The van der Waals surface area contributed by atoms with Crippen LogP contribution in [0.1, 0.15) is 44.6 Å². The molecule has 3 atom stereocenters. The van der Waals surface area contributed by atoms with E-state index in [9.17, 15) is 0 Å². The van der Waals surface area contributed by atoms with Gasteiger partial charge in [0.25, 0.3) is 0 Å². The van der Waals surface area contributed by atoms with Crippen LogP contribution in [0, 0.1) is 17.8 Å². The molecule has 20 heavy (non-hydrogen) atoms. The minimum absolute atomic E-state index is 0.637. The molecule has 112 valence electrons. The predicted molar refractivity (Wildman–Crippen MR) is 88.4 cm³/mol. The summed E-state index contributed by atoms with van der Waals surface area (Å²) in [6, 6.07) is 5.78. The second-order valence-electron chi connectivity index (χ2n) is 6.16. The van der Waals surface area contributed by atoms with Crippen LogP contribution in [0.2, 0.25) is 10.0 Å². The van der Waals surface area contributed by atoms with Crippen LogP contribution < -0.4 is 5.73 Å². The second-order valence-corrected chi connectivity index (χ2v) is 7.01. The quantitative estimate of drug-likeness (QED) is 0.781. The van der Waals surface area contributed by atoms with Crippen molar-refractivity contribution < 1.29 is 0 Å². The molecule has 1 saturated carbocycles. The smallest absolute Gasteiger partial charge is 0.0439 e. The van der Waals surface area contributed by atoms with Gasteiger partial charge in [-0.05, 0) is 67.3 Å². The van der Waals surface area contributed by atoms with Gasteiger partial charge in [-0.1, -0.05) is 49.4 Å². The molecule has 1 fully saturated rings. The highest BCUT2D eigenvalue weighted by molar-refractivity contribution is 6.33. The summed E-state index contributed by atoms with van der Waals surface area (Å²) in [4.78, 5) is 0. The largest absolute Gasteiger partial charge is 0.330 e. The van der Waals surface area contributed by atoms with E-state index in [2.05, 4.69) is 6.92 Å². The van der Waals surface area contributed by atoms with Crippen molar-refractivity contribution >= 4 is 23.2 Å². The molecule has 0 heterocycles. The van der Waals surface area contributed by atoms with Crippen molar-refractivity contribution in [2.45, 2.75) is 45.4 Å². The van der Waals surface area contributed by atoms with Gasteiger partial charge in [0.2, 0.25) is 0 Å². The van der Waals surface area contributed by atoms with Gasteiger partial charge in [-0.3, -0.25) is 0 Å². The maximum atomic E-state index is 6.31. The molecule has 3 heteroatoms. The lowest BCUT2D eigenvalue weighted by atomic mass is 9.70. The van der Waals surface area contributed by atoms with Crippen LogP contribution in [0.5, 0.6) is 0 Å². The SMILES string of the molecule is CCCC1CCC(CN)C(Cc2cc(Cl)ccc2Cl)C1. The zero-order chi connectivity index (χ0) is 14.5. The van der Waals surface area contributed by atoms with Crippen LogP contribution in [0.25, 0.3) is 0 Å². The summed E-state index contributed by atoms with van der Waals surface area (Å²) in [6.45, 7) is 3.07. The number of hydrogen-bond acceptors (Lipinski definition) is 1. The van der Waals surface area contributed by atoms with E-state index in [-0.39, 0.29) is 0 Å². The van der Waals surface area contributed by atoms with Crippen LogP contribution in [0.15, 0.2) is 18.2 Å². The summed E-state index contributed by atoms with van der Waals surface area (Å²) in [7, 11) is 0. The molecule has 3 unspecified atom stereocenters. The highest BCUT2D eigenvalue weighted by atomic mass is 35.5. The fraction of sp³-hybridized carbons (Fsp3) is 0.647. The van der Waals surface area contributed by atoms with Gasteiger partial charge < -0.3 is 5.73 Å². The first-order valence-corrected chi connectivity index (χ1v) is 8.53. The normalized spacial score (nSPS) is 26.7. The molecule has 0 aromatic heterocycles. The van der Waals surface area contributed by atoms with Crippen LogP contribution in [0.4, 0.5) is 0 Å². The van der Waals surface area contributed by atoms with Gasteiger partial charge in [-0.15, -0.1) is 0 Å². The molecule has 0 bridgehead atoms. The topological polar surface area (TPSA) is 26.0 Å². The molecular formula is C17H25Cl2N. The van der Waals surface area contributed by atoms with Crippen molar-refractivity contribution in [3.8, 4) is 0 Å². The predicted octanol–water partition coefficient (Wildman–Crippen LogP) is 5.33. The van der Waals surface area contributed by atoms with Gasteiger partial charge in [0, 0.05) is 10.0 Å². The van der Waals surface area contributed by atoms with Crippen LogP contribution >= 0.6 is 23.2 Å². The standard InChI is InChI=1S/C17H25Cl2N/c1-2-3-12-4-5-13(11-20)14(8-12)9-15-10-16(18)6-7-17(15)19/h6-7,10,12-14H,2-5,8-9,11,20H2,1H3. The maximum absolute atomic E-state index is 6.31. The molecule has 1 aromatic rings. The van der Waals surface area contributed by atoms with E-state index >= 15 is 0 Å². The molecule has 2 rings (SSSR count). The molecule has 1 aliphatic carbocycles. The monoisotopic (exact) mass is 313 g/mol. The van der Waals surface area contributed by atoms with E-state index in [1.54, 1.807) is 0 Å². The average Bonchev–Trinajstić information content (AvgIpc) is 2.44. The van der Waals surface area contributed by atoms with E-state index in [0.29, 0.717) is 11.8 Å². The first-order chi connectivity index (χ1) is 9.63. The summed E-state index contributed by atoms with van der Waals surface area (Å²) in [5.41, 5.74) is 7.16. The zero-order valence-corrected chi connectivity index (χ0v) is 13.8. The first kappa shape index (κ1) is 16.1. The Morgan fingerprint density at radius 1 is 1.20 bits per heavy atom. The molecule has 2 N–H and O–H groups in total. The Bertz CT molecular complexity index is 433. The number of rotatable bonds is 5. The van der Waals surface area contributed by atoms with E-state index in [4.69, 9.17) is 28.9 Å². The van der Waals surface area contributed by atoms with E-state index in [1.807, 2.05) is 18.2 Å². The minimum Gasteiger partial charge on any atom is -0.330 e. The van der Waals surface area contributed by atoms with Gasteiger partial charge in [0.05, 0.1) is 0 Å². The lowest BCUT2D eigenvalue weighted by Gasteiger charge is -2.36. The van der Waals surface area contributed by atoms with Crippen LogP contribution in [0.3, 0.4) is 0 Å². The molecule has 0 saturated heterocycles. The Kier molecular flexibility index (Phi) is 6.20. The first-order valence-electron chi connectivity index (χ1n) is 7.78. The molecule has 1 aliphatic rings. The highest BCUT2D eigenvalue weighted by Crippen LogP contribution is 2.38. The Morgan fingerprint density at radius 2 is 2.00 bits per heavy atom. The fourth-order valence-electron chi connectivity index (χ4n) is 3.64.